The molecule has 0 saturated heterocycles. The Balaban J connectivity index is 2.31. The van der Waals surface area contributed by atoms with Gasteiger partial charge in [0, 0.05) is 22.3 Å². The van der Waals surface area contributed by atoms with Crippen molar-refractivity contribution in [3.63, 3.8) is 0 Å². The van der Waals surface area contributed by atoms with Crippen molar-refractivity contribution >= 4 is 15.9 Å². The van der Waals surface area contributed by atoms with Crippen molar-refractivity contribution in [2.45, 2.75) is 26.8 Å². The Morgan fingerprint density at radius 3 is 2.70 bits per heavy atom. The number of benzene rings is 1. The third-order valence-electron chi connectivity index (χ3n) is 2.76. The molecule has 0 radical (unpaired) electrons. The number of aryl methyl sites for hydroxylation is 1. The molecule has 2 aromatic rings. The van der Waals surface area contributed by atoms with Gasteiger partial charge in [0.15, 0.2) is 5.82 Å². The van der Waals surface area contributed by atoms with Crippen LogP contribution in [-0.4, -0.2) is 16.5 Å². The van der Waals surface area contributed by atoms with Crippen LogP contribution in [0.1, 0.15) is 24.7 Å². The average Bonchev–Trinajstić information content (AvgIpc) is 2.37. The van der Waals surface area contributed by atoms with Gasteiger partial charge in [-0.05, 0) is 44.2 Å². The van der Waals surface area contributed by atoms with Crippen LogP contribution in [0.2, 0.25) is 0 Å². The van der Waals surface area contributed by atoms with E-state index < -0.39 is 0 Å². The lowest BCUT2D eigenvalue weighted by Gasteiger charge is -2.07. The van der Waals surface area contributed by atoms with Crippen LogP contribution in [0, 0.1) is 12.7 Å². The number of rotatable bonds is 5. The molecule has 0 aliphatic rings. The largest absolute Gasteiger partial charge is 0.311 e. The van der Waals surface area contributed by atoms with E-state index in [-0.39, 0.29) is 5.82 Å². The van der Waals surface area contributed by atoms with E-state index in [2.05, 4.69) is 38.1 Å². The van der Waals surface area contributed by atoms with Crippen LogP contribution in [0.5, 0.6) is 0 Å². The average molecular weight is 338 g/mol. The molecule has 0 unspecified atom stereocenters. The van der Waals surface area contributed by atoms with Gasteiger partial charge in [-0.2, -0.15) is 0 Å². The van der Waals surface area contributed by atoms with Gasteiger partial charge in [0.05, 0.1) is 5.69 Å². The van der Waals surface area contributed by atoms with E-state index in [9.17, 15) is 4.39 Å². The molecular weight excluding hydrogens is 321 g/mol. The molecule has 5 heteroatoms. The zero-order valence-electron chi connectivity index (χ0n) is 11.6. The number of nitrogens with zero attached hydrogens (tertiary/aromatic N) is 2. The van der Waals surface area contributed by atoms with Crippen molar-refractivity contribution in [1.82, 2.24) is 15.3 Å². The lowest BCUT2D eigenvalue weighted by molar-refractivity contribution is 0.627. The maximum absolute atomic E-state index is 13.5. The van der Waals surface area contributed by atoms with Gasteiger partial charge in [0.2, 0.25) is 0 Å². The second-order valence-electron chi connectivity index (χ2n) is 4.66. The van der Waals surface area contributed by atoms with Crippen LogP contribution in [0.25, 0.3) is 11.4 Å². The first-order valence-corrected chi connectivity index (χ1v) is 7.39. The van der Waals surface area contributed by atoms with Gasteiger partial charge >= 0.3 is 0 Å². The van der Waals surface area contributed by atoms with Crippen molar-refractivity contribution in [2.75, 3.05) is 6.54 Å². The highest BCUT2D eigenvalue weighted by Gasteiger charge is 2.07. The number of nitrogens with one attached hydrogen (secondary N) is 1. The molecule has 0 fully saturated rings. The molecule has 20 heavy (non-hydrogen) atoms. The zero-order chi connectivity index (χ0) is 14.5. The van der Waals surface area contributed by atoms with E-state index in [4.69, 9.17) is 0 Å². The van der Waals surface area contributed by atoms with Crippen molar-refractivity contribution < 1.29 is 4.39 Å². The summed E-state index contributed by atoms with van der Waals surface area (Å²) in [4.78, 5) is 8.88. The van der Waals surface area contributed by atoms with Crippen LogP contribution < -0.4 is 5.32 Å². The third kappa shape index (κ3) is 4.08. The third-order valence-corrected chi connectivity index (χ3v) is 3.22. The van der Waals surface area contributed by atoms with Gasteiger partial charge in [0.1, 0.15) is 5.82 Å². The zero-order valence-corrected chi connectivity index (χ0v) is 13.2. The number of hydrogen-bond acceptors (Lipinski definition) is 3. The second-order valence-corrected chi connectivity index (χ2v) is 5.57. The van der Waals surface area contributed by atoms with Gasteiger partial charge in [0.25, 0.3) is 0 Å². The minimum absolute atomic E-state index is 0.301. The van der Waals surface area contributed by atoms with E-state index >= 15 is 0 Å². The van der Waals surface area contributed by atoms with E-state index in [1.54, 1.807) is 0 Å². The molecule has 0 saturated carbocycles. The van der Waals surface area contributed by atoms with Crippen molar-refractivity contribution in [3.8, 4) is 11.4 Å². The summed E-state index contributed by atoms with van der Waals surface area (Å²) in [6, 6.07) is 6.63. The Labute approximate surface area is 126 Å². The van der Waals surface area contributed by atoms with Crippen LogP contribution in [0.15, 0.2) is 28.7 Å². The maximum atomic E-state index is 13.5. The fraction of sp³-hybridized carbons (Fsp3) is 0.333. The Morgan fingerprint density at radius 1 is 1.20 bits per heavy atom. The SMILES string of the molecule is CCCNCc1cc(C)nc(-c2cc(F)cc(Br)c2)n1. The van der Waals surface area contributed by atoms with Crippen molar-refractivity contribution in [1.29, 1.82) is 0 Å². The van der Waals surface area contributed by atoms with E-state index in [1.165, 1.54) is 12.1 Å². The molecule has 3 nitrogen and oxygen atoms in total. The van der Waals surface area contributed by atoms with Crippen molar-refractivity contribution in [3.05, 3.63) is 45.9 Å². The van der Waals surface area contributed by atoms with Gasteiger partial charge in [-0.3, -0.25) is 0 Å². The summed E-state index contributed by atoms with van der Waals surface area (Å²) in [6.07, 6.45) is 1.08. The Bertz CT molecular complexity index is 581. The molecule has 106 valence electrons. The monoisotopic (exact) mass is 337 g/mol. The van der Waals surface area contributed by atoms with Crippen molar-refractivity contribution in [2.24, 2.45) is 0 Å². The standard InChI is InChI=1S/C15H17BrFN3/c1-3-4-18-9-14-5-10(2)19-15(20-14)11-6-12(16)8-13(17)7-11/h5-8,18H,3-4,9H2,1-2H3. The molecule has 0 aliphatic carbocycles. The van der Waals surface area contributed by atoms with Gasteiger partial charge in [-0.25, -0.2) is 14.4 Å². The second kappa shape index (κ2) is 6.90. The summed E-state index contributed by atoms with van der Waals surface area (Å²) in [5, 5.41) is 3.31. The van der Waals surface area contributed by atoms with E-state index in [0.29, 0.717) is 22.4 Å². The quantitative estimate of drug-likeness (QED) is 0.842. The number of halogens is 2. The van der Waals surface area contributed by atoms with Crippen LogP contribution in [0.3, 0.4) is 0 Å². The molecule has 1 aromatic carbocycles. The highest BCUT2D eigenvalue weighted by molar-refractivity contribution is 9.10. The molecule has 1 aromatic heterocycles. The molecule has 0 amide bonds. The summed E-state index contributed by atoms with van der Waals surface area (Å²) in [5.41, 5.74) is 2.47. The first-order valence-electron chi connectivity index (χ1n) is 6.60. The lowest BCUT2D eigenvalue weighted by Crippen LogP contribution is -2.15. The predicted molar refractivity (Wildman–Crippen MR) is 81.9 cm³/mol. The number of aromatic nitrogens is 2. The van der Waals surface area contributed by atoms with Crippen LogP contribution in [0.4, 0.5) is 4.39 Å². The minimum Gasteiger partial charge on any atom is -0.311 e. The molecule has 2 rings (SSSR count). The topological polar surface area (TPSA) is 37.8 Å². The summed E-state index contributed by atoms with van der Waals surface area (Å²) < 4.78 is 14.1. The predicted octanol–water partition coefficient (Wildman–Crippen LogP) is 3.85. The van der Waals surface area contributed by atoms with Crippen LogP contribution in [-0.2, 0) is 6.54 Å². The van der Waals surface area contributed by atoms with Gasteiger partial charge in [-0.15, -0.1) is 0 Å². The van der Waals surface area contributed by atoms with E-state index in [1.807, 2.05) is 19.1 Å². The highest BCUT2D eigenvalue weighted by atomic mass is 79.9. The van der Waals surface area contributed by atoms with Crippen LogP contribution >= 0.6 is 15.9 Å². The fourth-order valence-corrected chi connectivity index (χ4v) is 2.39. The minimum atomic E-state index is -0.301. The summed E-state index contributed by atoms with van der Waals surface area (Å²) in [6.45, 7) is 5.68. The first-order chi connectivity index (χ1) is 9.58. The Hall–Kier alpha value is -1.33. The molecule has 0 bridgehead atoms. The Kier molecular flexibility index (Phi) is 5.20. The Morgan fingerprint density at radius 2 is 2.00 bits per heavy atom. The summed E-state index contributed by atoms with van der Waals surface area (Å²) in [5.74, 6) is 0.253. The summed E-state index contributed by atoms with van der Waals surface area (Å²) >= 11 is 3.29. The molecule has 0 spiro atoms. The maximum Gasteiger partial charge on any atom is 0.159 e. The lowest BCUT2D eigenvalue weighted by atomic mass is 10.2. The smallest absolute Gasteiger partial charge is 0.159 e. The molecule has 1 N–H and O–H groups in total. The first kappa shape index (κ1) is 15.1. The number of hydrogen-bond donors (Lipinski definition) is 1. The molecule has 1 heterocycles. The molecular formula is C15H17BrFN3. The van der Waals surface area contributed by atoms with E-state index in [0.717, 1.165) is 24.4 Å². The molecule has 0 aliphatic heterocycles. The van der Waals surface area contributed by atoms with Gasteiger partial charge in [-0.1, -0.05) is 22.9 Å². The summed E-state index contributed by atoms with van der Waals surface area (Å²) in [7, 11) is 0. The normalized spacial score (nSPS) is 10.8. The highest BCUT2D eigenvalue weighted by Crippen LogP contribution is 2.22. The molecule has 0 atom stereocenters. The van der Waals surface area contributed by atoms with Gasteiger partial charge < -0.3 is 5.32 Å². The fourth-order valence-electron chi connectivity index (χ4n) is 1.93.